The maximum absolute atomic E-state index is 11.4. The molecule has 0 saturated heterocycles. The summed E-state index contributed by atoms with van der Waals surface area (Å²) >= 11 is 0. The van der Waals surface area contributed by atoms with Gasteiger partial charge in [0.15, 0.2) is 0 Å². The van der Waals surface area contributed by atoms with Crippen molar-refractivity contribution >= 4 is 11.5 Å². The van der Waals surface area contributed by atoms with Gasteiger partial charge in [-0.05, 0) is 30.5 Å². The molecule has 1 heterocycles. The fraction of sp³-hybridized carbons (Fsp3) is 0.286. The molecule has 0 atom stereocenters. The summed E-state index contributed by atoms with van der Waals surface area (Å²) in [4.78, 5) is 20.2. The lowest BCUT2D eigenvalue weighted by molar-refractivity contribution is -0.130. The normalized spacial score (nSPS) is 11.8. The SMILES string of the molecule is C/C=C/C=C(/C(=O)O)c1ccc(-c2cnc(CCCCC)nc2)cc1. The number of aliphatic carboxylic acids is 1. The molecule has 2 rings (SSSR count). The minimum absolute atomic E-state index is 0.271. The maximum Gasteiger partial charge on any atom is 0.336 e. The van der Waals surface area contributed by atoms with Crippen LogP contribution >= 0.6 is 0 Å². The van der Waals surface area contributed by atoms with Crippen LogP contribution < -0.4 is 0 Å². The molecule has 4 heteroatoms. The maximum atomic E-state index is 11.4. The smallest absolute Gasteiger partial charge is 0.336 e. The average molecular weight is 336 g/mol. The standard InChI is InChI=1S/C21H24N2O2/c1-3-5-7-9-20-22-14-18(15-23-20)16-10-12-17(13-11-16)19(21(24)25)8-6-4-2/h4,6,8,10-15H,3,5,7,9H2,1-2H3,(H,24,25)/b6-4+,19-8+. The molecular formula is C21H24N2O2. The Morgan fingerprint density at radius 3 is 2.32 bits per heavy atom. The number of benzene rings is 1. The first-order valence-electron chi connectivity index (χ1n) is 8.63. The fourth-order valence-electron chi connectivity index (χ4n) is 2.49. The third-order valence-corrected chi connectivity index (χ3v) is 3.92. The zero-order valence-corrected chi connectivity index (χ0v) is 14.8. The zero-order valence-electron chi connectivity index (χ0n) is 14.8. The summed E-state index contributed by atoms with van der Waals surface area (Å²) in [6.45, 7) is 4.03. The van der Waals surface area contributed by atoms with Gasteiger partial charge in [-0.2, -0.15) is 0 Å². The summed E-state index contributed by atoms with van der Waals surface area (Å²) in [7, 11) is 0. The fourth-order valence-corrected chi connectivity index (χ4v) is 2.49. The van der Waals surface area contributed by atoms with E-state index >= 15 is 0 Å². The lowest BCUT2D eigenvalue weighted by Crippen LogP contribution is -1.99. The number of rotatable bonds is 8. The molecule has 0 aliphatic rings. The van der Waals surface area contributed by atoms with Crippen molar-refractivity contribution in [1.82, 2.24) is 9.97 Å². The van der Waals surface area contributed by atoms with Gasteiger partial charge in [-0.3, -0.25) is 0 Å². The van der Waals surface area contributed by atoms with Crippen molar-refractivity contribution in [2.75, 3.05) is 0 Å². The second-order valence-corrected chi connectivity index (χ2v) is 5.83. The minimum Gasteiger partial charge on any atom is -0.478 e. The van der Waals surface area contributed by atoms with E-state index in [1.165, 1.54) is 12.8 Å². The summed E-state index contributed by atoms with van der Waals surface area (Å²) in [6.07, 6.45) is 13.2. The van der Waals surface area contributed by atoms with Crippen LogP contribution in [0.25, 0.3) is 16.7 Å². The van der Waals surface area contributed by atoms with Crippen LogP contribution in [0.3, 0.4) is 0 Å². The molecule has 1 aromatic heterocycles. The zero-order chi connectivity index (χ0) is 18.1. The highest BCUT2D eigenvalue weighted by atomic mass is 16.4. The van der Waals surface area contributed by atoms with Gasteiger partial charge in [-0.1, -0.05) is 56.2 Å². The predicted octanol–water partition coefficient (Wildman–Crippen LogP) is 4.92. The molecule has 0 aliphatic heterocycles. The first kappa shape index (κ1) is 18.6. The second kappa shape index (κ2) is 9.52. The number of allylic oxidation sites excluding steroid dienone is 3. The van der Waals surface area contributed by atoms with Crippen molar-refractivity contribution in [2.45, 2.75) is 39.5 Å². The number of aromatic nitrogens is 2. The number of carboxylic acids is 1. The van der Waals surface area contributed by atoms with Gasteiger partial charge < -0.3 is 5.11 Å². The summed E-state index contributed by atoms with van der Waals surface area (Å²) in [5, 5.41) is 9.34. The van der Waals surface area contributed by atoms with E-state index in [1.807, 2.05) is 43.6 Å². The van der Waals surface area contributed by atoms with Gasteiger partial charge in [0, 0.05) is 24.4 Å². The number of nitrogens with zero attached hydrogens (tertiary/aromatic N) is 2. The highest BCUT2D eigenvalue weighted by Crippen LogP contribution is 2.22. The minimum atomic E-state index is -0.939. The van der Waals surface area contributed by atoms with Crippen LogP contribution in [0.4, 0.5) is 0 Å². The van der Waals surface area contributed by atoms with Gasteiger partial charge in [-0.15, -0.1) is 0 Å². The van der Waals surface area contributed by atoms with Gasteiger partial charge in [0.1, 0.15) is 5.82 Å². The molecule has 0 radical (unpaired) electrons. The predicted molar refractivity (Wildman–Crippen MR) is 101 cm³/mol. The molecule has 0 saturated carbocycles. The van der Waals surface area contributed by atoms with Crippen LogP contribution in [0.15, 0.2) is 54.9 Å². The van der Waals surface area contributed by atoms with E-state index in [1.54, 1.807) is 18.2 Å². The van der Waals surface area contributed by atoms with E-state index in [4.69, 9.17) is 0 Å². The lowest BCUT2D eigenvalue weighted by atomic mass is 10.0. The quantitative estimate of drug-likeness (QED) is 0.422. The Morgan fingerprint density at radius 2 is 1.76 bits per heavy atom. The van der Waals surface area contributed by atoms with E-state index in [-0.39, 0.29) is 5.57 Å². The molecule has 1 aromatic carbocycles. The van der Waals surface area contributed by atoms with E-state index in [9.17, 15) is 9.90 Å². The van der Waals surface area contributed by atoms with Crippen LogP contribution in [-0.4, -0.2) is 21.0 Å². The molecular weight excluding hydrogens is 312 g/mol. The Hall–Kier alpha value is -2.75. The van der Waals surface area contributed by atoms with Crippen LogP contribution in [0.2, 0.25) is 0 Å². The van der Waals surface area contributed by atoms with Crippen molar-refractivity contribution in [3.63, 3.8) is 0 Å². The van der Waals surface area contributed by atoms with Crippen molar-refractivity contribution in [1.29, 1.82) is 0 Å². The Balaban J connectivity index is 2.15. The van der Waals surface area contributed by atoms with Crippen LogP contribution in [0, 0.1) is 0 Å². The van der Waals surface area contributed by atoms with E-state index in [0.29, 0.717) is 5.56 Å². The molecule has 0 aliphatic carbocycles. The number of carbonyl (C=O) groups is 1. The molecule has 0 fully saturated rings. The van der Waals surface area contributed by atoms with Gasteiger partial charge in [0.05, 0.1) is 5.57 Å². The Labute approximate surface area is 149 Å². The molecule has 0 bridgehead atoms. The largest absolute Gasteiger partial charge is 0.478 e. The van der Waals surface area contributed by atoms with Crippen LogP contribution in [-0.2, 0) is 11.2 Å². The molecule has 25 heavy (non-hydrogen) atoms. The summed E-state index contributed by atoms with van der Waals surface area (Å²) in [6, 6.07) is 7.43. The third-order valence-electron chi connectivity index (χ3n) is 3.92. The van der Waals surface area contributed by atoms with Gasteiger partial charge in [0.25, 0.3) is 0 Å². The first-order chi connectivity index (χ1) is 12.2. The summed E-state index contributed by atoms with van der Waals surface area (Å²) < 4.78 is 0. The molecule has 0 spiro atoms. The van der Waals surface area contributed by atoms with Gasteiger partial charge in [-0.25, -0.2) is 14.8 Å². The van der Waals surface area contributed by atoms with Crippen molar-refractivity contribution in [3.05, 3.63) is 66.3 Å². The first-order valence-corrected chi connectivity index (χ1v) is 8.63. The Kier molecular flexibility index (Phi) is 7.08. The molecule has 0 amide bonds. The highest BCUT2D eigenvalue weighted by molar-refractivity contribution is 6.15. The molecule has 1 N–H and O–H groups in total. The van der Waals surface area contributed by atoms with Crippen LogP contribution in [0.5, 0.6) is 0 Å². The van der Waals surface area contributed by atoms with Gasteiger partial charge in [0.2, 0.25) is 0 Å². The van der Waals surface area contributed by atoms with Crippen molar-refractivity contribution in [3.8, 4) is 11.1 Å². The van der Waals surface area contributed by atoms with E-state index < -0.39 is 5.97 Å². The molecule has 0 unspecified atom stereocenters. The van der Waals surface area contributed by atoms with Crippen molar-refractivity contribution < 1.29 is 9.90 Å². The average Bonchev–Trinajstić information content (AvgIpc) is 2.63. The number of hydrogen-bond donors (Lipinski definition) is 1. The Bertz CT molecular complexity index is 744. The second-order valence-electron chi connectivity index (χ2n) is 5.83. The molecule has 4 nitrogen and oxygen atoms in total. The number of aryl methyl sites for hydroxylation is 1. The van der Waals surface area contributed by atoms with Crippen LogP contribution in [0.1, 0.15) is 44.5 Å². The highest BCUT2D eigenvalue weighted by Gasteiger charge is 2.09. The molecule has 2 aromatic rings. The topological polar surface area (TPSA) is 63.1 Å². The number of carboxylic acid groups (broad SMARTS) is 1. The van der Waals surface area contributed by atoms with Gasteiger partial charge >= 0.3 is 5.97 Å². The number of unbranched alkanes of at least 4 members (excludes halogenated alkanes) is 2. The summed E-state index contributed by atoms with van der Waals surface area (Å²) in [5.41, 5.74) is 2.85. The summed E-state index contributed by atoms with van der Waals surface area (Å²) in [5.74, 6) is -0.0677. The number of hydrogen-bond acceptors (Lipinski definition) is 3. The molecule has 130 valence electrons. The monoisotopic (exact) mass is 336 g/mol. The Morgan fingerprint density at radius 1 is 1.08 bits per heavy atom. The van der Waals surface area contributed by atoms with E-state index in [0.717, 1.165) is 29.8 Å². The lowest BCUT2D eigenvalue weighted by Gasteiger charge is -2.06. The third kappa shape index (κ3) is 5.38. The van der Waals surface area contributed by atoms with Crippen molar-refractivity contribution in [2.24, 2.45) is 0 Å². The van der Waals surface area contributed by atoms with E-state index in [2.05, 4.69) is 16.9 Å².